The van der Waals surface area contributed by atoms with Crippen LogP contribution in [0.1, 0.15) is 25.7 Å². The molecular weight excluding hydrogens is 178 g/mol. The van der Waals surface area contributed by atoms with Crippen molar-refractivity contribution in [2.75, 3.05) is 33.2 Å². The van der Waals surface area contributed by atoms with Crippen molar-refractivity contribution in [1.29, 1.82) is 0 Å². The van der Waals surface area contributed by atoms with E-state index >= 15 is 0 Å². The van der Waals surface area contributed by atoms with Gasteiger partial charge in [0.2, 0.25) is 0 Å². The molecular formula is C10H21N3O. The first-order chi connectivity index (χ1) is 6.75. The lowest BCUT2D eigenvalue weighted by atomic mass is 10.2. The van der Waals surface area contributed by atoms with Crippen LogP contribution in [-0.4, -0.2) is 49.1 Å². The first-order valence-electron chi connectivity index (χ1n) is 5.46. The Morgan fingerprint density at radius 3 is 2.36 bits per heavy atom. The van der Waals surface area contributed by atoms with Crippen molar-refractivity contribution in [3.8, 4) is 0 Å². The van der Waals surface area contributed by atoms with E-state index in [0.717, 1.165) is 25.9 Å². The van der Waals surface area contributed by atoms with Crippen LogP contribution in [0.3, 0.4) is 0 Å². The molecule has 1 heterocycles. The Hall–Kier alpha value is -0.770. The number of nitrogens with two attached hydrogens (primary N) is 1. The van der Waals surface area contributed by atoms with E-state index < -0.39 is 0 Å². The van der Waals surface area contributed by atoms with Gasteiger partial charge in [-0.2, -0.15) is 0 Å². The molecule has 2 N–H and O–H groups in total. The Bertz CT molecular complexity index is 176. The summed E-state index contributed by atoms with van der Waals surface area (Å²) in [5, 5.41) is 0. The van der Waals surface area contributed by atoms with Crippen LogP contribution in [0.15, 0.2) is 0 Å². The van der Waals surface area contributed by atoms with Gasteiger partial charge in [-0.3, -0.25) is 0 Å². The lowest BCUT2D eigenvalue weighted by Gasteiger charge is -2.26. The van der Waals surface area contributed by atoms with Gasteiger partial charge in [0.15, 0.2) is 0 Å². The van der Waals surface area contributed by atoms with Crippen LogP contribution in [0, 0.1) is 0 Å². The van der Waals surface area contributed by atoms with E-state index in [1.54, 1.807) is 4.90 Å². The summed E-state index contributed by atoms with van der Waals surface area (Å²) in [5.74, 6) is 0. The molecule has 0 unspecified atom stereocenters. The van der Waals surface area contributed by atoms with Crippen molar-refractivity contribution in [2.24, 2.45) is 5.73 Å². The molecule has 0 aromatic heterocycles. The molecule has 2 amide bonds. The van der Waals surface area contributed by atoms with Gasteiger partial charge in [0, 0.05) is 33.2 Å². The summed E-state index contributed by atoms with van der Waals surface area (Å²) in [6, 6.07) is 0.136. The fourth-order valence-electron chi connectivity index (χ4n) is 1.79. The van der Waals surface area contributed by atoms with Gasteiger partial charge in [0.05, 0.1) is 0 Å². The second-order valence-corrected chi connectivity index (χ2v) is 3.89. The average molecular weight is 199 g/mol. The van der Waals surface area contributed by atoms with E-state index in [-0.39, 0.29) is 6.03 Å². The van der Waals surface area contributed by atoms with Crippen LogP contribution < -0.4 is 5.73 Å². The molecule has 1 fully saturated rings. The largest absolute Gasteiger partial charge is 0.329 e. The smallest absolute Gasteiger partial charge is 0.319 e. The predicted molar refractivity (Wildman–Crippen MR) is 57.1 cm³/mol. The number of rotatable bonds is 2. The molecule has 0 aromatic rings. The van der Waals surface area contributed by atoms with Crippen molar-refractivity contribution >= 4 is 6.03 Å². The zero-order valence-corrected chi connectivity index (χ0v) is 9.04. The van der Waals surface area contributed by atoms with Gasteiger partial charge < -0.3 is 15.5 Å². The lowest BCUT2D eigenvalue weighted by Crippen LogP contribution is -2.43. The first kappa shape index (κ1) is 11.3. The summed E-state index contributed by atoms with van der Waals surface area (Å²) in [5.41, 5.74) is 5.42. The fraction of sp³-hybridized carbons (Fsp3) is 0.900. The maximum atomic E-state index is 11.8. The second-order valence-electron chi connectivity index (χ2n) is 3.89. The van der Waals surface area contributed by atoms with Gasteiger partial charge in [0.1, 0.15) is 0 Å². The summed E-state index contributed by atoms with van der Waals surface area (Å²) >= 11 is 0. The van der Waals surface area contributed by atoms with Gasteiger partial charge >= 0.3 is 6.03 Å². The van der Waals surface area contributed by atoms with Crippen LogP contribution in [0.4, 0.5) is 4.79 Å². The molecule has 0 saturated carbocycles. The molecule has 4 nitrogen and oxygen atoms in total. The Kier molecular flexibility index (Phi) is 4.73. The number of hydrogen-bond donors (Lipinski definition) is 1. The molecule has 1 saturated heterocycles. The van der Waals surface area contributed by atoms with Crippen molar-refractivity contribution in [3.63, 3.8) is 0 Å². The van der Waals surface area contributed by atoms with Crippen LogP contribution in [0.2, 0.25) is 0 Å². The number of amides is 2. The number of carbonyl (C=O) groups excluding carboxylic acids is 1. The molecule has 1 rings (SSSR count). The minimum atomic E-state index is 0.136. The number of likely N-dealkylation sites (tertiary alicyclic amines) is 1. The van der Waals surface area contributed by atoms with Crippen molar-refractivity contribution in [2.45, 2.75) is 25.7 Å². The van der Waals surface area contributed by atoms with E-state index in [1.165, 1.54) is 12.8 Å². The minimum absolute atomic E-state index is 0.136. The third-order valence-corrected chi connectivity index (χ3v) is 2.67. The van der Waals surface area contributed by atoms with Gasteiger partial charge in [-0.15, -0.1) is 0 Å². The fourth-order valence-corrected chi connectivity index (χ4v) is 1.79. The number of urea groups is 1. The molecule has 1 aliphatic heterocycles. The third kappa shape index (κ3) is 3.18. The number of nitrogens with zero attached hydrogens (tertiary/aromatic N) is 2. The first-order valence-corrected chi connectivity index (χ1v) is 5.46. The summed E-state index contributed by atoms with van der Waals surface area (Å²) in [6.45, 7) is 3.01. The minimum Gasteiger partial charge on any atom is -0.329 e. The normalized spacial score (nSPS) is 17.7. The quantitative estimate of drug-likeness (QED) is 0.717. The van der Waals surface area contributed by atoms with Crippen molar-refractivity contribution in [1.82, 2.24) is 9.80 Å². The van der Waals surface area contributed by atoms with Gasteiger partial charge in [-0.05, 0) is 12.8 Å². The van der Waals surface area contributed by atoms with Crippen LogP contribution in [-0.2, 0) is 0 Å². The maximum absolute atomic E-state index is 11.8. The Morgan fingerprint density at radius 1 is 1.29 bits per heavy atom. The zero-order chi connectivity index (χ0) is 10.4. The highest BCUT2D eigenvalue weighted by Crippen LogP contribution is 2.10. The highest BCUT2D eigenvalue weighted by molar-refractivity contribution is 5.74. The van der Waals surface area contributed by atoms with Gasteiger partial charge in [-0.25, -0.2) is 4.79 Å². The molecule has 0 spiro atoms. The van der Waals surface area contributed by atoms with Gasteiger partial charge in [0.25, 0.3) is 0 Å². The molecule has 0 bridgehead atoms. The van der Waals surface area contributed by atoms with E-state index in [9.17, 15) is 4.79 Å². The summed E-state index contributed by atoms with van der Waals surface area (Å²) in [6.07, 6.45) is 4.79. The topological polar surface area (TPSA) is 49.6 Å². The second kappa shape index (κ2) is 5.86. The van der Waals surface area contributed by atoms with Gasteiger partial charge in [-0.1, -0.05) is 12.8 Å². The highest BCUT2D eigenvalue weighted by atomic mass is 16.2. The molecule has 0 aromatic carbocycles. The monoisotopic (exact) mass is 199 g/mol. The Labute approximate surface area is 86.0 Å². The Balaban J connectivity index is 2.40. The molecule has 0 aliphatic carbocycles. The molecule has 82 valence electrons. The molecule has 4 heteroatoms. The molecule has 14 heavy (non-hydrogen) atoms. The summed E-state index contributed by atoms with van der Waals surface area (Å²) in [4.78, 5) is 15.5. The SMILES string of the molecule is CN(CCN)C(=O)N1CCCCCC1. The van der Waals surface area contributed by atoms with E-state index in [4.69, 9.17) is 5.73 Å². The van der Waals surface area contributed by atoms with Crippen LogP contribution >= 0.6 is 0 Å². The maximum Gasteiger partial charge on any atom is 0.319 e. The van der Waals surface area contributed by atoms with Crippen LogP contribution in [0.25, 0.3) is 0 Å². The van der Waals surface area contributed by atoms with Crippen LogP contribution in [0.5, 0.6) is 0 Å². The number of likely N-dealkylation sites (N-methyl/N-ethyl adjacent to an activating group) is 1. The lowest BCUT2D eigenvalue weighted by molar-refractivity contribution is 0.165. The van der Waals surface area contributed by atoms with E-state index in [2.05, 4.69) is 0 Å². The molecule has 0 atom stereocenters. The van der Waals surface area contributed by atoms with Crippen molar-refractivity contribution < 1.29 is 4.79 Å². The number of hydrogen-bond acceptors (Lipinski definition) is 2. The van der Waals surface area contributed by atoms with E-state index in [1.807, 2.05) is 11.9 Å². The third-order valence-electron chi connectivity index (χ3n) is 2.67. The Morgan fingerprint density at radius 2 is 1.86 bits per heavy atom. The van der Waals surface area contributed by atoms with Crippen molar-refractivity contribution in [3.05, 3.63) is 0 Å². The number of carbonyl (C=O) groups is 1. The predicted octanol–water partition coefficient (Wildman–Crippen LogP) is 0.873. The van der Waals surface area contributed by atoms with E-state index in [0.29, 0.717) is 13.1 Å². The zero-order valence-electron chi connectivity index (χ0n) is 9.04. The molecule has 0 radical (unpaired) electrons. The molecule has 1 aliphatic rings. The summed E-state index contributed by atoms with van der Waals surface area (Å²) in [7, 11) is 1.82. The highest BCUT2D eigenvalue weighted by Gasteiger charge is 2.18. The standard InChI is InChI=1S/C10H21N3O/c1-12(9-6-11)10(14)13-7-4-2-3-5-8-13/h2-9,11H2,1H3. The average Bonchev–Trinajstić information content (AvgIpc) is 2.45. The summed E-state index contributed by atoms with van der Waals surface area (Å²) < 4.78 is 0.